The summed E-state index contributed by atoms with van der Waals surface area (Å²) in [5, 5.41) is 2.52. The fraction of sp³-hybridized carbons (Fsp3) is 0.462. The van der Waals surface area contributed by atoms with E-state index < -0.39 is 26.2 Å². The zero-order valence-electron chi connectivity index (χ0n) is 11.6. The molecule has 1 amide bonds. The Balaban J connectivity index is 2.82. The smallest absolute Gasteiger partial charge is 0.239 e. The predicted molar refractivity (Wildman–Crippen MR) is 77.8 cm³/mol. The molecule has 106 valence electrons. The van der Waals surface area contributed by atoms with Crippen molar-refractivity contribution in [1.29, 1.82) is 0 Å². The molecule has 0 fully saturated rings. The molecule has 3 N–H and O–H groups in total. The molecule has 0 saturated heterocycles. The standard InChI is InChI=1S/C13H20N2O3S/c1-9-5-6-11(10(14)7-9)15-12(16)8-19(17,18)13(2,3)4/h5-7H,8,14H2,1-4H3,(H,15,16). The van der Waals surface area contributed by atoms with Gasteiger partial charge >= 0.3 is 0 Å². The number of anilines is 2. The topological polar surface area (TPSA) is 89.3 Å². The minimum Gasteiger partial charge on any atom is -0.397 e. The van der Waals surface area contributed by atoms with Crippen molar-refractivity contribution in [3.05, 3.63) is 23.8 Å². The number of benzene rings is 1. The summed E-state index contributed by atoms with van der Waals surface area (Å²) in [5.41, 5.74) is 7.57. The number of hydrogen-bond donors (Lipinski definition) is 2. The average molecular weight is 284 g/mol. The van der Waals surface area contributed by atoms with Gasteiger partial charge in [-0.05, 0) is 45.4 Å². The zero-order valence-corrected chi connectivity index (χ0v) is 12.5. The van der Waals surface area contributed by atoms with E-state index in [4.69, 9.17) is 5.73 Å². The number of carbonyl (C=O) groups is 1. The van der Waals surface area contributed by atoms with Gasteiger partial charge in [-0.15, -0.1) is 0 Å². The fourth-order valence-corrected chi connectivity index (χ4v) is 2.22. The van der Waals surface area contributed by atoms with Crippen LogP contribution in [0.3, 0.4) is 0 Å². The second-order valence-corrected chi connectivity index (χ2v) is 8.25. The van der Waals surface area contributed by atoms with Crippen molar-refractivity contribution in [3.8, 4) is 0 Å². The van der Waals surface area contributed by atoms with Gasteiger partial charge in [0.2, 0.25) is 5.91 Å². The van der Waals surface area contributed by atoms with E-state index in [1.165, 1.54) is 0 Å². The van der Waals surface area contributed by atoms with E-state index in [9.17, 15) is 13.2 Å². The first-order valence-electron chi connectivity index (χ1n) is 5.91. The Bertz CT molecular complexity index is 586. The van der Waals surface area contributed by atoms with Crippen molar-refractivity contribution in [1.82, 2.24) is 0 Å². The number of carbonyl (C=O) groups excluding carboxylic acids is 1. The van der Waals surface area contributed by atoms with E-state index in [0.29, 0.717) is 11.4 Å². The second-order valence-electron chi connectivity index (χ2n) is 5.51. The minimum absolute atomic E-state index is 0.418. The number of amides is 1. The third-order valence-electron chi connectivity index (χ3n) is 2.74. The van der Waals surface area contributed by atoms with Crippen LogP contribution in [-0.2, 0) is 14.6 Å². The van der Waals surface area contributed by atoms with E-state index in [-0.39, 0.29) is 0 Å². The van der Waals surface area contributed by atoms with E-state index >= 15 is 0 Å². The van der Waals surface area contributed by atoms with Gasteiger partial charge in [-0.2, -0.15) is 0 Å². The van der Waals surface area contributed by atoms with Crippen molar-refractivity contribution >= 4 is 27.1 Å². The van der Waals surface area contributed by atoms with Crippen molar-refractivity contribution in [2.24, 2.45) is 0 Å². The normalized spacial score (nSPS) is 12.2. The van der Waals surface area contributed by atoms with Gasteiger partial charge in [-0.3, -0.25) is 4.79 Å². The van der Waals surface area contributed by atoms with Crippen LogP contribution in [0.1, 0.15) is 26.3 Å². The molecule has 1 rings (SSSR count). The van der Waals surface area contributed by atoms with Crippen molar-refractivity contribution < 1.29 is 13.2 Å². The molecule has 1 aromatic carbocycles. The van der Waals surface area contributed by atoms with E-state index in [0.717, 1.165) is 5.56 Å². The molecular weight excluding hydrogens is 264 g/mol. The molecule has 0 heterocycles. The Hall–Kier alpha value is -1.56. The lowest BCUT2D eigenvalue weighted by atomic mass is 10.2. The maximum atomic E-state index is 11.9. The van der Waals surface area contributed by atoms with Gasteiger partial charge in [0, 0.05) is 0 Å². The first kappa shape index (κ1) is 15.5. The lowest BCUT2D eigenvalue weighted by Crippen LogP contribution is -2.35. The lowest BCUT2D eigenvalue weighted by Gasteiger charge is -2.18. The van der Waals surface area contributed by atoms with Gasteiger partial charge in [0.05, 0.1) is 16.1 Å². The summed E-state index contributed by atoms with van der Waals surface area (Å²) in [6, 6.07) is 5.17. The highest BCUT2D eigenvalue weighted by Crippen LogP contribution is 2.20. The lowest BCUT2D eigenvalue weighted by molar-refractivity contribution is -0.113. The number of hydrogen-bond acceptors (Lipinski definition) is 4. The average Bonchev–Trinajstić information content (AvgIpc) is 2.19. The van der Waals surface area contributed by atoms with Crippen LogP contribution >= 0.6 is 0 Å². The number of sulfone groups is 1. The van der Waals surface area contributed by atoms with Gasteiger partial charge in [0.15, 0.2) is 9.84 Å². The number of rotatable bonds is 3. The maximum absolute atomic E-state index is 11.9. The highest BCUT2D eigenvalue weighted by molar-refractivity contribution is 7.93. The first-order valence-corrected chi connectivity index (χ1v) is 7.56. The second kappa shape index (κ2) is 5.21. The summed E-state index contributed by atoms with van der Waals surface area (Å²) in [7, 11) is -3.49. The third-order valence-corrected chi connectivity index (χ3v) is 5.24. The molecule has 5 nitrogen and oxygen atoms in total. The Kier molecular flexibility index (Phi) is 4.25. The number of nitrogens with one attached hydrogen (secondary N) is 1. The van der Waals surface area contributed by atoms with Gasteiger partial charge in [-0.1, -0.05) is 6.07 Å². The molecule has 0 bridgehead atoms. The Morgan fingerprint density at radius 3 is 2.37 bits per heavy atom. The molecule has 0 unspecified atom stereocenters. The van der Waals surface area contributed by atoms with Crippen LogP contribution in [0.15, 0.2) is 18.2 Å². The van der Waals surface area contributed by atoms with Crippen LogP contribution in [-0.4, -0.2) is 24.8 Å². The summed E-state index contributed by atoms with van der Waals surface area (Å²) in [4.78, 5) is 11.8. The van der Waals surface area contributed by atoms with Crippen LogP contribution in [0.5, 0.6) is 0 Å². The monoisotopic (exact) mass is 284 g/mol. The van der Waals surface area contributed by atoms with E-state index in [2.05, 4.69) is 5.32 Å². The molecule has 0 aromatic heterocycles. The van der Waals surface area contributed by atoms with Gasteiger partial charge < -0.3 is 11.1 Å². The number of aryl methyl sites for hydroxylation is 1. The predicted octanol–water partition coefficient (Wildman–Crippen LogP) is 1.73. The van der Waals surface area contributed by atoms with Crippen LogP contribution in [0.4, 0.5) is 11.4 Å². The highest BCUT2D eigenvalue weighted by atomic mass is 32.2. The fourth-order valence-electron chi connectivity index (χ4n) is 1.37. The molecule has 0 aliphatic heterocycles. The Labute approximate surface area is 114 Å². The van der Waals surface area contributed by atoms with Crippen molar-refractivity contribution in [2.75, 3.05) is 16.8 Å². The van der Waals surface area contributed by atoms with Gasteiger partial charge in [-0.25, -0.2) is 8.42 Å². The van der Waals surface area contributed by atoms with Crippen LogP contribution in [0, 0.1) is 6.92 Å². The van der Waals surface area contributed by atoms with Crippen molar-refractivity contribution in [2.45, 2.75) is 32.4 Å². The molecule has 0 atom stereocenters. The summed E-state index contributed by atoms with van der Waals surface area (Å²) in [5.74, 6) is -1.13. The van der Waals surface area contributed by atoms with E-state index in [1.54, 1.807) is 39.0 Å². The summed E-state index contributed by atoms with van der Waals surface area (Å²) in [6.07, 6.45) is 0. The maximum Gasteiger partial charge on any atom is 0.239 e. The molecule has 0 aliphatic carbocycles. The summed E-state index contributed by atoms with van der Waals surface area (Å²) >= 11 is 0. The largest absolute Gasteiger partial charge is 0.397 e. The number of nitrogens with two attached hydrogens (primary N) is 1. The quantitative estimate of drug-likeness (QED) is 0.827. The molecule has 0 spiro atoms. The Morgan fingerprint density at radius 1 is 1.32 bits per heavy atom. The molecule has 19 heavy (non-hydrogen) atoms. The van der Waals surface area contributed by atoms with Crippen LogP contribution < -0.4 is 11.1 Å². The van der Waals surface area contributed by atoms with E-state index in [1.807, 2.05) is 6.92 Å². The van der Waals surface area contributed by atoms with Crippen LogP contribution in [0.25, 0.3) is 0 Å². The Morgan fingerprint density at radius 2 is 1.89 bits per heavy atom. The van der Waals surface area contributed by atoms with Gasteiger partial charge in [0.25, 0.3) is 0 Å². The molecule has 6 heteroatoms. The first-order chi connectivity index (χ1) is 8.53. The summed E-state index contributed by atoms with van der Waals surface area (Å²) < 4.78 is 22.8. The highest BCUT2D eigenvalue weighted by Gasteiger charge is 2.31. The third kappa shape index (κ3) is 3.96. The van der Waals surface area contributed by atoms with Crippen molar-refractivity contribution in [3.63, 3.8) is 0 Å². The summed E-state index contributed by atoms with van der Waals surface area (Å²) in [6.45, 7) is 6.58. The van der Waals surface area contributed by atoms with Crippen LogP contribution in [0.2, 0.25) is 0 Å². The molecule has 0 saturated carbocycles. The SMILES string of the molecule is Cc1ccc(NC(=O)CS(=O)(=O)C(C)(C)C)c(N)c1. The zero-order chi connectivity index (χ0) is 14.8. The number of nitrogen functional groups attached to an aromatic ring is 1. The molecule has 1 aromatic rings. The molecule has 0 aliphatic rings. The minimum atomic E-state index is -3.49. The van der Waals surface area contributed by atoms with Gasteiger partial charge in [0.1, 0.15) is 5.75 Å². The molecule has 0 radical (unpaired) electrons. The molecular formula is C13H20N2O3S.